The van der Waals surface area contributed by atoms with Gasteiger partial charge in [0.2, 0.25) is 22.9 Å². The summed E-state index contributed by atoms with van der Waals surface area (Å²) in [5.74, 6) is -0.400. The van der Waals surface area contributed by atoms with Gasteiger partial charge in [-0.1, -0.05) is 55.7 Å². The number of amides is 3. The molecular weight excluding hydrogens is 450 g/mol. The maximum Gasteiger partial charge on any atom is 0.231 e. The summed E-state index contributed by atoms with van der Waals surface area (Å²) in [4.78, 5) is 41.9. The average Bonchev–Trinajstić information content (AvgIpc) is 3.58. The molecule has 0 radical (unpaired) electrons. The molecule has 3 amide bonds. The minimum absolute atomic E-state index is 0.0459. The molecule has 2 unspecified atom stereocenters. The van der Waals surface area contributed by atoms with Crippen molar-refractivity contribution in [2.75, 3.05) is 23.3 Å². The summed E-state index contributed by atoms with van der Waals surface area (Å²) in [5.41, 5.74) is 2.11. The topological polar surface area (TPSA) is 95.5 Å². The van der Waals surface area contributed by atoms with E-state index >= 15 is 0 Å². The Hall–Kier alpha value is -2.81. The van der Waals surface area contributed by atoms with Gasteiger partial charge in [0.15, 0.2) is 0 Å². The molecule has 0 bridgehead atoms. The molecule has 3 aliphatic rings. The lowest BCUT2D eigenvalue weighted by Gasteiger charge is -2.31. The normalized spacial score (nSPS) is 23.7. The van der Waals surface area contributed by atoms with Crippen molar-refractivity contribution in [1.82, 2.24) is 15.1 Å². The Labute approximate surface area is 203 Å². The number of nitrogens with zero attached hydrogens (tertiary/aromatic N) is 4. The fraction of sp³-hybridized carbons (Fsp3) is 0.560. The van der Waals surface area contributed by atoms with E-state index in [1.807, 2.05) is 28.0 Å². The summed E-state index contributed by atoms with van der Waals surface area (Å²) in [6, 6.07) is 8.28. The Bertz CT molecular complexity index is 1080. The zero-order valence-electron chi connectivity index (χ0n) is 19.5. The van der Waals surface area contributed by atoms with E-state index in [9.17, 15) is 14.4 Å². The molecule has 2 aliphatic heterocycles. The number of aromatic nitrogens is 2. The first-order valence-corrected chi connectivity index (χ1v) is 13.2. The minimum atomic E-state index is -0.351. The third-order valence-electron chi connectivity index (χ3n) is 7.35. The number of rotatable bonds is 6. The number of benzene rings is 1. The lowest BCUT2D eigenvalue weighted by molar-refractivity contribution is -0.130. The second kappa shape index (κ2) is 9.82. The quantitative estimate of drug-likeness (QED) is 0.678. The largest absolute Gasteiger partial charge is 0.339 e. The monoisotopic (exact) mass is 481 g/mol. The lowest BCUT2D eigenvalue weighted by atomic mass is 9.94. The van der Waals surface area contributed by atoms with Gasteiger partial charge in [-0.2, -0.15) is 0 Å². The van der Waals surface area contributed by atoms with E-state index in [-0.39, 0.29) is 42.0 Å². The summed E-state index contributed by atoms with van der Waals surface area (Å²) in [6.45, 7) is 3.14. The molecular formula is C25H31N5O3S. The number of nitrogens with one attached hydrogen (secondary N) is 1. The standard InChI is InChI=1S/C25H31N5O3S/c1-2-16-8-6-7-11-20(16)30-15-18(13-22(30)32)24-27-28-25(34-24)26-23(33)17-12-21(31)29(14-17)19-9-4-3-5-10-19/h6-8,11,17-19H,2-5,9-10,12-15H2,1H3,(H,26,28,33). The van der Waals surface area contributed by atoms with Crippen LogP contribution in [0.15, 0.2) is 24.3 Å². The van der Waals surface area contributed by atoms with E-state index in [0.29, 0.717) is 24.6 Å². The molecule has 0 spiro atoms. The second-order valence-electron chi connectivity index (χ2n) is 9.56. The van der Waals surface area contributed by atoms with E-state index in [1.165, 1.54) is 17.8 Å². The van der Waals surface area contributed by atoms with Crippen molar-refractivity contribution in [2.24, 2.45) is 5.92 Å². The summed E-state index contributed by atoms with van der Waals surface area (Å²) in [6.07, 6.45) is 7.14. The summed E-state index contributed by atoms with van der Waals surface area (Å²) in [5, 5.41) is 12.5. The summed E-state index contributed by atoms with van der Waals surface area (Å²) in [7, 11) is 0. The summed E-state index contributed by atoms with van der Waals surface area (Å²) >= 11 is 1.32. The number of para-hydroxylation sites is 1. The van der Waals surface area contributed by atoms with Gasteiger partial charge in [0.1, 0.15) is 5.01 Å². The minimum Gasteiger partial charge on any atom is -0.339 e. The van der Waals surface area contributed by atoms with Crippen LogP contribution in [-0.2, 0) is 20.8 Å². The van der Waals surface area contributed by atoms with Crippen LogP contribution in [0.1, 0.15) is 68.4 Å². The van der Waals surface area contributed by atoms with Gasteiger partial charge < -0.3 is 15.1 Å². The number of likely N-dealkylation sites (tertiary alicyclic amines) is 1. The predicted molar refractivity (Wildman–Crippen MR) is 131 cm³/mol. The smallest absolute Gasteiger partial charge is 0.231 e. The molecule has 2 saturated heterocycles. The van der Waals surface area contributed by atoms with Gasteiger partial charge in [-0.15, -0.1) is 10.2 Å². The van der Waals surface area contributed by atoms with E-state index in [2.05, 4.69) is 28.5 Å². The van der Waals surface area contributed by atoms with Crippen LogP contribution in [0.3, 0.4) is 0 Å². The van der Waals surface area contributed by atoms with Crippen molar-refractivity contribution in [3.63, 3.8) is 0 Å². The SMILES string of the molecule is CCc1ccccc1N1CC(c2nnc(NC(=O)C3CC(=O)N(C4CCCCC4)C3)s2)CC1=O. The maximum absolute atomic E-state index is 12.9. The van der Waals surface area contributed by atoms with E-state index in [4.69, 9.17) is 0 Å². The molecule has 1 N–H and O–H groups in total. The van der Waals surface area contributed by atoms with Gasteiger partial charge in [0.25, 0.3) is 0 Å². The van der Waals surface area contributed by atoms with Gasteiger partial charge in [-0.05, 0) is 30.9 Å². The van der Waals surface area contributed by atoms with Crippen molar-refractivity contribution in [3.05, 3.63) is 34.8 Å². The first-order chi connectivity index (χ1) is 16.5. The molecule has 3 fully saturated rings. The molecule has 1 saturated carbocycles. The Morgan fingerprint density at radius 1 is 1.06 bits per heavy atom. The number of carbonyl (C=O) groups excluding carboxylic acids is 3. The third-order valence-corrected chi connectivity index (χ3v) is 8.35. The third kappa shape index (κ3) is 4.58. The Kier molecular flexibility index (Phi) is 6.63. The van der Waals surface area contributed by atoms with Gasteiger partial charge in [0, 0.05) is 43.6 Å². The molecule has 3 heterocycles. The highest BCUT2D eigenvalue weighted by Gasteiger charge is 2.39. The van der Waals surface area contributed by atoms with E-state index in [1.54, 1.807) is 0 Å². The first-order valence-electron chi connectivity index (χ1n) is 12.4. The van der Waals surface area contributed by atoms with Crippen LogP contribution in [0.25, 0.3) is 0 Å². The van der Waals surface area contributed by atoms with E-state index in [0.717, 1.165) is 48.4 Å². The molecule has 1 aromatic carbocycles. The fourth-order valence-electron chi connectivity index (χ4n) is 5.49. The van der Waals surface area contributed by atoms with Gasteiger partial charge >= 0.3 is 0 Å². The molecule has 1 aromatic heterocycles. The van der Waals surface area contributed by atoms with Crippen LogP contribution in [0, 0.1) is 5.92 Å². The Balaban J connectivity index is 1.20. The number of carbonyl (C=O) groups is 3. The Morgan fingerprint density at radius 3 is 2.65 bits per heavy atom. The highest BCUT2D eigenvalue weighted by Crippen LogP contribution is 2.36. The van der Waals surface area contributed by atoms with Gasteiger partial charge in [0.05, 0.1) is 5.92 Å². The van der Waals surface area contributed by atoms with Crippen molar-refractivity contribution in [2.45, 2.75) is 70.3 Å². The van der Waals surface area contributed by atoms with Crippen molar-refractivity contribution in [3.8, 4) is 0 Å². The van der Waals surface area contributed by atoms with Gasteiger partial charge in [-0.3, -0.25) is 14.4 Å². The zero-order chi connectivity index (χ0) is 23.7. The van der Waals surface area contributed by atoms with Crippen LogP contribution < -0.4 is 10.2 Å². The predicted octanol–water partition coefficient (Wildman–Crippen LogP) is 3.74. The fourth-order valence-corrected chi connectivity index (χ4v) is 6.33. The van der Waals surface area contributed by atoms with Crippen molar-refractivity contribution >= 4 is 39.9 Å². The molecule has 2 aromatic rings. The molecule has 8 nitrogen and oxygen atoms in total. The van der Waals surface area contributed by atoms with Crippen LogP contribution in [0.4, 0.5) is 10.8 Å². The van der Waals surface area contributed by atoms with Crippen LogP contribution >= 0.6 is 11.3 Å². The summed E-state index contributed by atoms with van der Waals surface area (Å²) < 4.78 is 0. The number of aryl methyl sites for hydroxylation is 1. The molecule has 34 heavy (non-hydrogen) atoms. The van der Waals surface area contributed by atoms with Crippen LogP contribution in [-0.4, -0.2) is 52.0 Å². The van der Waals surface area contributed by atoms with Crippen LogP contribution in [0.5, 0.6) is 0 Å². The van der Waals surface area contributed by atoms with E-state index < -0.39 is 0 Å². The van der Waals surface area contributed by atoms with Crippen molar-refractivity contribution < 1.29 is 14.4 Å². The highest BCUT2D eigenvalue weighted by molar-refractivity contribution is 7.15. The van der Waals surface area contributed by atoms with Crippen molar-refractivity contribution in [1.29, 1.82) is 0 Å². The first kappa shape index (κ1) is 23.0. The highest BCUT2D eigenvalue weighted by atomic mass is 32.1. The van der Waals surface area contributed by atoms with Crippen LogP contribution in [0.2, 0.25) is 0 Å². The molecule has 9 heteroatoms. The second-order valence-corrected chi connectivity index (χ2v) is 10.6. The average molecular weight is 482 g/mol. The lowest BCUT2D eigenvalue weighted by Crippen LogP contribution is -2.38. The van der Waals surface area contributed by atoms with Gasteiger partial charge in [-0.25, -0.2) is 0 Å². The zero-order valence-corrected chi connectivity index (χ0v) is 20.4. The number of hydrogen-bond donors (Lipinski definition) is 1. The number of anilines is 2. The molecule has 1 aliphatic carbocycles. The Morgan fingerprint density at radius 2 is 1.85 bits per heavy atom. The molecule has 5 rings (SSSR count). The number of hydrogen-bond acceptors (Lipinski definition) is 6. The maximum atomic E-state index is 12.9. The molecule has 2 atom stereocenters. The molecule has 180 valence electrons.